The molecule has 2 heterocycles. The van der Waals surface area contributed by atoms with Crippen molar-refractivity contribution in [3.05, 3.63) is 30.1 Å². The molecule has 2 N–H and O–H groups in total. The van der Waals surface area contributed by atoms with Gasteiger partial charge in [-0.15, -0.1) is 24.0 Å². The van der Waals surface area contributed by atoms with E-state index in [1.54, 1.807) is 25.2 Å². The number of aromatic nitrogens is 1. The van der Waals surface area contributed by atoms with Crippen molar-refractivity contribution in [1.82, 2.24) is 25.4 Å². The topological polar surface area (TPSA) is 82.1 Å². The number of nitrogens with one attached hydrogen (secondary N) is 2. The largest absolute Gasteiger partial charge is 0.379 e. The summed E-state index contributed by atoms with van der Waals surface area (Å²) in [6.45, 7) is 5.82. The third kappa shape index (κ3) is 8.77. The van der Waals surface area contributed by atoms with Gasteiger partial charge in [0.2, 0.25) is 5.91 Å². The van der Waals surface area contributed by atoms with E-state index in [1.165, 1.54) is 0 Å². The predicted octanol–water partition coefficient (Wildman–Crippen LogP) is 0.155. The fourth-order valence-electron chi connectivity index (χ4n) is 2.30. The summed E-state index contributed by atoms with van der Waals surface area (Å²) >= 11 is 0. The molecule has 8 nitrogen and oxygen atoms in total. The Hall–Kier alpha value is -1.46. The molecule has 1 fully saturated rings. The van der Waals surface area contributed by atoms with Crippen LogP contribution < -0.4 is 10.6 Å². The number of aliphatic imine (C=N–C) groups is 1. The van der Waals surface area contributed by atoms with Gasteiger partial charge < -0.3 is 20.3 Å². The molecule has 0 unspecified atom stereocenters. The minimum atomic E-state index is 0. The van der Waals surface area contributed by atoms with Crippen LogP contribution in [-0.4, -0.2) is 86.7 Å². The number of hydrogen-bond donors (Lipinski definition) is 2. The Labute approximate surface area is 172 Å². The second-order valence-corrected chi connectivity index (χ2v) is 6.01. The number of nitrogens with zero attached hydrogens (tertiary/aromatic N) is 4. The lowest BCUT2D eigenvalue weighted by molar-refractivity contribution is -0.127. The summed E-state index contributed by atoms with van der Waals surface area (Å²) in [5.41, 5.74) is 0.885. The van der Waals surface area contributed by atoms with Crippen LogP contribution in [0.3, 0.4) is 0 Å². The van der Waals surface area contributed by atoms with Crippen LogP contribution in [0.5, 0.6) is 0 Å². The minimum absolute atomic E-state index is 0. The molecule has 0 spiro atoms. The lowest BCUT2D eigenvalue weighted by atomic mass is 10.3. The minimum Gasteiger partial charge on any atom is -0.379 e. The number of morpholine rings is 1. The Morgan fingerprint density at radius 1 is 1.31 bits per heavy atom. The molecule has 1 aliphatic heterocycles. The molecule has 0 bridgehead atoms. The number of guanidine groups is 1. The number of hydrogen-bond acceptors (Lipinski definition) is 5. The molecule has 26 heavy (non-hydrogen) atoms. The predicted molar refractivity (Wildman–Crippen MR) is 113 cm³/mol. The fourth-order valence-corrected chi connectivity index (χ4v) is 2.30. The number of rotatable bonds is 7. The Morgan fingerprint density at radius 3 is 2.73 bits per heavy atom. The average molecular weight is 476 g/mol. The standard InChI is InChI=1S/C17H28N6O2.HI/c1-22(2)16(24)14-21-17(20-13-15-5-3-4-6-18-15)19-7-8-23-9-11-25-12-10-23;/h3-6H,7-14H2,1-2H3,(H2,19,20,21);1H. The van der Waals surface area contributed by atoms with E-state index in [-0.39, 0.29) is 36.4 Å². The first-order valence-corrected chi connectivity index (χ1v) is 8.57. The maximum Gasteiger partial charge on any atom is 0.241 e. The van der Waals surface area contributed by atoms with Crippen molar-refractivity contribution in [1.29, 1.82) is 0 Å². The Bertz CT molecular complexity index is 549. The summed E-state index contributed by atoms with van der Waals surface area (Å²) in [5, 5.41) is 6.38. The summed E-state index contributed by atoms with van der Waals surface area (Å²) in [6.07, 6.45) is 1.75. The van der Waals surface area contributed by atoms with Crippen molar-refractivity contribution >= 4 is 35.8 Å². The van der Waals surface area contributed by atoms with Gasteiger partial charge in [0.15, 0.2) is 5.96 Å². The number of halogens is 1. The van der Waals surface area contributed by atoms with E-state index in [9.17, 15) is 4.79 Å². The number of pyridine rings is 1. The Morgan fingerprint density at radius 2 is 2.08 bits per heavy atom. The monoisotopic (exact) mass is 476 g/mol. The molecule has 0 aromatic carbocycles. The molecule has 0 aliphatic carbocycles. The summed E-state index contributed by atoms with van der Waals surface area (Å²) in [6, 6.07) is 5.74. The first kappa shape index (κ1) is 22.6. The van der Waals surface area contributed by atoms with Gasteiger partial charge in [0.05, 0.1) is 32.0 Å². The van der Waals surface area contributed by atoms with E-state index in [0.29, 0.717) is 12.5 Å². The van der Waals surface area contributed by atoms with Crippen LogP contribution >= 0.6 is 24.0 Å². The number of likely N-dealkylation sites (N-methyl/N-ethyl adjacent to an activating group) is 1. The molecule has 2 rings (SSSR count). The summed E-state index contributed by atoms with van der Waals surface area (Å²) < 4.78 is 5.35. The summed E-state index contributed by atoms with van der Waals surface area (Å²) in [5.74, 6) is 0.620. The maximum atomic E-state index is 11.8. The van der Waals surface area contributed by atoms with E-state index in [0.717, 1.165) is 45.1 Å². The zero-order valence-electron chi connectivity index (χ0n) is 15.5. The van der Waals surface area contributed by atoms with Gasteiger partial charge in [-0.3, -0.25) is 14.7 Å². The van der Waals surface area contributed by atoms with Crippen molar-refractivity contribution in [2.24, 2.45) is 4.99 Å². The van der Waals surface area contributed by atoms with Crippen LogP contribution in [0.2, 0.25) is 0 Å². The molecule has 1 aliphatic rings. The Balaban J connectivity index is 0.00000338. The molecule has 1 saturated heterocycles. The highest BCUT2D eigenvalue weighted by Gasteiger charge is 2.10. The fraction of sp³-hybridized carbons (Fsp3) is 0.588. The van der Waals surface area contributed by atoms with Crippen LogP contribution in [0.25, 0.3) is 0 Å². The quantitative estimate of drug-likeness (QED) is 0.332. The first-order valence-electron chi connectivity index (χ1n) is 8.57. The van der Waals surface area contributed by atoms with E-state index < -0.39 is 0 Å². The van der Waals surface area contributed by atoms with Gasteiger partial charge in [-0.25, -0.2) is 4.99 Å². The van der Waals surface area contributed by atoms with Gasteiger partial charge in [-0.05, 0) is 12.1 Å². The second kappa shape index (κ2) is 12.8. The maximum absolute atomic E-state index is 11.8. The average Bonchev–Trinajstić information content (AvgIpc) is 2.64. The number of amides is 1. The van der Waals surface area contributed by atoms with Gasteiger partial charge in [0.25, 0.3) is 0 Å². The van der Waals surface area contributed by atoms with E-state index in [4.69, 9.17) is 4.74 Å². The Kier molecular flexibility index (Phi) is 11.1. The van der Waals surface area contributed by atoms with Crippen molar-refractivity contribution < 1.29 is 9.53 Å². The summed E-state index contributed by atoms with van der Waals surface area (Å²) in [4.78, 5) is 24.5. The second-order valence-electron chi connectivity index (χ2n) is 6.01. The molecule has 1 aromatic heterocycles. The molecule has 0 radical (unpaired) electrons. The van der Waals surface area contributed by atoms with Crippen molar-refractivity contribution in [2.75, 3.05) is 60.0 Å². The van der Waals surface area contributed by atoms with Crippen molar-refractivity contribution in [3.63, 3.8) is 0 Å². The van der Waals surface area contributed by atoms with Crippen LogP contribution in [-0.2, 0) is 16.1 Å². The van der Waals surface area contributed by atoms with Crippen LogP contribution in [0.15, 0.2) is 29.4 Å². The number of carbonyl (C=O) groups is 1. The zero-order chi connectivity index (χ0) is 17.9. The molecular weight excluding hydrogens is 447 g/mol. The van der Waals surface area contributed by atoms with Gasteiger partial charge >= 0.3 is 0 Å². The van der Waals surface area contributed by atoms with E-state index in [2.05, 4.69) is 25.5 Å². The molecule has 1 amide bonds. The molecule has 9 heteroatoms. The lowest BCUT2D eigenvalue weighted by Gasteiger charge is -2.26. The zero-order valence-corrected chi connectivity index (χ0v) is 17.8. The normalized spacial score (nSPS) is 15.1. The first-order chi connectivity index (χ1) is 12.1. The molecular formula is C17H29IN6O2. The highest BCUT2D eigenvalue weighted by atomic mass is 127. The molecule has 1 aromatic rings. The molecule has 0 atom stereocenters. The van der Waals surface area contributed by atoms with E-state index in [1.807, 2.05) is 18.2 Å². The van der Waals surface area contributed by atoms with Gasteiger partial charge in [0, 0.05) is 46.5 Å². The van der Waals surface area contributed by atoms with Crippen molar-refractivity contribution in [3.8, 4) is 0 Å². The number of carbonyl (C=O) groups excluding carboxylic acids is 1. The molecule has 0 saturated carbocycles. The highest BCUT2D eigenvalue weighted by molar-refractivity contribution is 14.0. The lowest BCUT2D eigenvalue weighted by Crippen LogP contribution is -2.46. The van der Waals surface area contributed by atoms with Crippen molar-refractivity contribution in [2.45, 2.75) is 6.54 Å². The highest BCUT2D eigenvalue weighted by Crippen LogP contribution is 1.96. The third-order valence-electron chi connectivity index (χ3n) is 3.86. The van der Waals surface area contributed by atoms with Gasteiger partial charge in [-0.1, -0.05) is 6.07 Å². The van der Waals surface area contributed by atoms with Gasteiger partial charge in [-0.2, -0.15) is 0 Å². The molecule has 146 valence electrons. The van der Waals surface area contributed by atoms with E-state index >= 15 is 0 Å². The third-order valence-corrected chi connectivity index (χ3v) is 3.86. The van der Waals surface area contributed by atoms with Crippen LogP contribution in [0.4, 0.5) is 0 Å². The summed E-state index contributed by atoms with van der Waals surface area (Å²) in [7, 11) is 3.47. The van der Waals surface area contributed by atoms with Crippen LogP contribution in [0.1, 0.15) is 5.69 Å². The smallest absolute Gasteiger partial charge is 0.241 e. The van der Waals surface area contributed by atoms with Crippen LogP contribution in [0, 0.1) is 0 Å². The van der Waals surface area contributed by atoms with Gasteiger partial charge in [0.1, 0.15) is 0 Å². The number of ether oxygens (including phenoxy) is 1. The SMILES string of the molecule is CN(C)C(=O)CNC(=NCc1ccccn1)NCCN1CCOCC1.I.